The first-order valence-electron chi connectivity index (χ1n) is 7.34. The molecule has 3 rings (SSSR count). The number of carboxylic acids is 1. The van der Waals surface area contributed by atoms with Crippen LogP contribution >= 0.6 is 11.6 Å². The lowest BCUT2D eigenvalue weighted by atomic mass is 9.81. The van der Waals surface area contributed by atoms with E-state index in [4.69, 9.17) is 11.6 Å². The van der Waals surface area contributed by atoms with E-state index in [1.54, 1.807) is 24.3 Å². The summed E-state index contributed by atoms with van der Waals surface area (Å²) in [5.41, 5.74) is -0.00406. The Morgan fingerprint density at radius 1 is 1.18 bits per heavy atom. The lowest BCUT2D eigenvalue weighted by Crippen LogP contribution is -2.55. The average molecular weight is 321 g/mol. The van der Waals surface area contributed by atoms with E-state index in [0.29, 0.717) is 23.6 Å². The number of carbonyl (C=O) groups excluding carboxylic acids is 1. The fourth-order valence-electron chi connectivity index (χ4n) is 3.06. The van der Waals surface area contributed by atoms with Crippen molar-refractivity contribution >= 4 is 34.4 Å². The highest BCUT2D eigenvalue weighted by Gasteiger charge is 2.41. The number of aliphatic carboxylic acids is 1. The summed E-state index contributed by atoms with van der Waals surface area (Å²) >= 11 is 5.93. The van der Waals surface area contributed by atoms with Gasteiger partial charge in [-0.15, -0.1) is 0 Å². The Balaban J connectivity index is 1.86. The Morgan fingerprint density at radius 2 is 1.91 bits per heavy atom. The molecule has 1 aliphatic rings. The van der Waals surface area contributed by atoms with Crippen molar-refractivity contribution in [1.82, 2.24) is 10.3 Å². The number of aromatic amines is 1. The molecule has 0 spiro atoms. The quantitative estimate of drug-likeness (QED) is 0.811. The number of H-pyrrole nitrogens is 1. The van der Waals surface area contributed by atoms with Gasteiger partial charge in [0.2, 0.25) is 0 Å². The first kappa shape index (κ1) is 14.9. The molecule has 22 heavy (non-hydrogen) atoms. The summed E-state index contributed by atoms with van der Waals surface area (Å²) < 4.78 is 0. The summed E-state index contributed by atoms with van der Waals surface area (Å²) in [5, 5.41) is 13.7. The van der Waals surface area contributed by atoms with E-state index in [1.807, 2.05) is 0 Å². The molecule has 1 amide bonds. The van der Waals surface area contributed by atoms with Crippen molar-refractivity contribution in [2.75, 3.05) is 0 Å². The molecule has 2 aromatic rings. The van der Waals surface area contributed by atoms with Crippen LogP contribution in [0, 0.1) is 0 Å². The molecule has 0 radical (unpaired) electrons. The molecule has 0 unspecified atom stereocenters. The van der Waals surface area contributed by atoms with Gasteiger partial charge in [0.05, 0.1) is 0 Å². The van der Waals surface area contributed by atoms with Gasteiger partial charge in [-0.3, -0.25) is 4.79 Å². The summed E-state index contributed by atoms with van der Waals surface area (Å²) in [6.07, 6.45) is 3.58. The lowest BCUT2D eigenvalue weighted by Gasteiger charge is -2.33. The molecular weight excluding hydrogens is 304 g/mol. The molecule has 1 saturated carbocycles. The highest BCUT2D eigenvalue weighted by Crippen LogP contribution is 2.29. The predicted molar refractivity (Wildman–Crippen MR) is 84.2 cm³/mol. The van der Waals surface area contributed by atoms with Crippen molar-refractivity contribution in [3.63, 3.8) is 0 Å². The third-order valence-electron chi connectivity index (χ3n) is 4.30. The van der Waals surface area contributed by atoms with Crippen LogP contribution < -0.4 is 5.32 Å². The maximum Gasteiger partial charge on any atom is 0.329 e. The Kier molecular flexibility index (Phi) is 3.83. The van der Waals surface area contributed by atoms with Crippen LogP contribution in [0.4, 0.5) is 0 Å². The van der Waals surface area contributed by atoms with E-state index in [0.717, 1.165) is 30.2 Å². The molecule has 5 nitrogen and oxygen atoms in total. The summed E-state index contributed by atoms with van der Waals surface area (Å²) in [6, 6.07) is 6.98. The number of halogens is 1. The van der Waals surface area contributed by atoms with E-state index in [1.165, 1.54) is 0 Å². The van der Waals surface area contributed by atoms with Gasteiger partial charge >= 0.3 is 5.97 Å². The zero-order valence-electron chi connectivity index (χ0n) is 12.0. The van der Waals surface area contributed by atoms with Crippen LogP contribution in [0.5, 0.6) is 0 Å². The number of aromatic nitrogens is 1. The summed E-state index contributed by atoms with van der Waals surface area (Å²) in [6.45, 7) is 0. The lowest BCUT2D eigenvalue weighted by molar-refractivity contribution is -0.145. The third kappa shape index (κ3) is 2.68. The second-order valence-electron chi connectivity index (χ2n) is 5.82. The molecule has 0 aliphatic heterocycles. The first-order chi connectivity index (χ1) is 10.5. The number of nitrogens with one attached hydrogen (secondary N) is 2. The average Bonchev–Trinajstić information content (AvgIpc) is 2.91. The van der Waals surface area contributed by atoms with Gasteiger partial charge in [-0.25, -0.2) is 4.79 Å². The normalized spacial score (nSPS) is 17.3. The summed E-state index contributed by atoms with van der Waals surface area (Å²) in [5.74, 6) is -1.35. The van der Waals surface area contributed by atoms with Gasteiger partial charge in [0.1, 0.15) is 11.2 Å². The van der Waals surface area contributed by atoms with Crippen molar-refractivity contribution < 1.29 is 14.7 Å². The zero-order chi connectivity index (χ0) is 15.7. The van der Waals surface area contributed by atoms with Crippen LogP contribution in [0.3, 0.4) is 0 Å². The van der Waals surface area contributed by atoms with E-state index in [2.05, 4.69) is 10.3 Å². The van der Waals surface area contributed by atoms with Gasteiger partial charge < -0.3 is 15.4 Å². The van der Waals surface area contributed by atoms with Gasteiger partial charge in [0.15, 0.2) is 0 Å². The zero-order valence-corrected chi connectivity index (χ0v) is 12.7. The highest BCUT2D eigenvalue weighted by molar-refractivity contribution is 6.31. The van der Waals surface area contributed by atoms with Crippen LogP contribution in [0.15, 0.2) is 24.3 Å². The topological polar surface area (TPSA) is 82.2 Å². The van der Waals surface area contributed by atoms with Crippen LogP contribution in [0.1, 0.15) is 42.6 Å². The number of carbonyl (C=O) groups is 2. The minimum Gasteiger partial charge on any atom is -0.480 e. The fraction of sp³-hybridized carbons (Fsp3) is 0.375. The van der Waals surface area contributed by atoms with Gasteiger partial charge in [-0.1, -0.05) is 30.9 Å². The van der Waals surface area contributed by atoms with Crippen LogP contribution in [0.25, 0.3) is 10.9 Å². The van der Waals surface area contributed by atoms with Crippen molar-refractivity contribution in [2.45, 2.75) is 37.6 Å². The van der Waals surface area contributed by atoms with Crippen molar-refractivity contribution in [3.05, 3.63) is 35.0 Å². The second kappa shape index (κ2) is 5.65. The molecule has 1 aromatic heterocycles. The number of hydrogen-bond acceptors (Lipinski definition) is 2. The monoisotopic (exact) mass is 320 g/mol. The van der Waals surface area contributed by atoms with Gasteiger partial charge in [0.25, 0.3) is 5.91 Å². The Morgan fingerprint density at radius 3 is 2.59 bits per heavy atom. The smallest absolute Gasteiger partial charge is 0.329 e. The largest absolute Gasteiger partial charge is 0.480 e. The van der Waals surface area contributed by atoms with Gasteiger partial charge in [-0.05, 0) is 37.1 Å². The summed E-state index contributed by atoms with van der Waals surface area (Å²) in [7, 11) is 0. The van der Waals surface area contributed by atoms with E-state index >= 15 is 0 Å². The van der Waals surface area contributed by atoms with Crippen molar-refractivity contribution in [3.8, 4) is 0 Å². The Hall–Kier alpha value is -2.01. The van der Waals surface area contributed by atoms with E-state index < -0.39 is 17.4 Å². The van der Waals surface area contributed by atoms with Crippen LogP contribution in [-0.2, 0) is 4.79 Å². The maximum absolute atomic E-state index is 12.4. The number of fused-ring (bicyclic) bond motifs is 1. The fourth-order valence-corrected chi connectivity index (χ4v) is 3.24. The Labute approximate surface area is 132 Å². The minimum atomic E-state index is -1.15. The molecule has 116 valence electrons. The molecule has 1 fully saturated rings. The summed E-state index contributed by atoms with van der Waals surface area (Å²) in [4.78, 5) is 27.1. The molecule has 1 aromatic carbocycles. The Bertz CT molecular complexity index is 732. The second-order valence-corrected chi connectivity index (χ2v) is 6.25. The number of benzene rings is 1. The molecule has 0 atom stereocenters. The number of rotatable bonds is 3. The molecule has 1 aliphatic carbocycles. The minimum absolute atomic E-state index is 0.350. The molecular formula is C16H17ClN2O3. The maximum atomic E-state index is 12.4. The van der Waals surface area contributed by atoms with Crippen molar-refractivity contribution in [1.29, 1.82) is 0 Å². The van der Waals surface area contributed by atoms with E-state index in [9.17, 15) is 14.7 Å². The molecule has 1 heterocycles. The first-order valence-corrected chi connectivity index (χ1v) is 7.72. The van der Waals surface area contributed by atoms with Gasteiger partial charge in [-0.2, -0.15) is 0 Å². The van der Waals surface area contributed by atoms with Crippen LogP contribution in [-0.4, -0.2) is 27.5 Å². The third-order valence-corrected chi connectivity index (χ3v) is 4.53. The molecule has 3 N–H and O–H groups in total. The highest BCUT2D eigenvalue weighted by atomic mass is 35.5. The molecule has 6 heteroatoms. The predicted octanol–water partition coefficient (Wildman–Crippen LogP) is 3.34. The standard InChI is InChI=1S/C16H17ClN2O3/c17-11-4-5-12-10(8-11)9-13(18-12)14(20)19-16(15(21)22)6-2-1-3-7-16/h4-5,8-9,18H,1-3,6-7H2,(H,19,20)(H,21,22). The molecule has 0 saturated heterocycles. The van der Waals surface area contributed by atoms with Crippen LogP contribution in [0.2, 0.25) is 5.02 Å². The number of amides is 1. The number of carboxylic acid groups (broad SMARTS) is 1. The van der Waals surface area contributed by atoms with Crippen molar-refractivity contribution in [2.24, 2.45) is 0 Å². The number of hydrogen-bond donors (Lipinski definition) is 3. The SMILES string of the molecule is O=C(NC1(C(=O)O)CCCCC1)c1cc2cc(Cl)ccc2[nH]1. The van der Waals surface area contributed by atoms with Gasteiger partial charge in [0, 0.05) is 15.9 Å². The van der Waals surface area contributed by atoms with E-state index in [-0.39, 0.29) is 0 Å². The molecule has 0 bridgehead atoms.